The van der Waals surface area contributed by atoms with Crippen LogP contribution in [-0.2, 0) is 0 Å². The number of amides is 1. The first-order chi connectivity index (χ1) is 8.49. The number of hydrogen-bond donors (Lipinski definition) is 2. The summed E-state index contributed by atoms with van der Waals surface area (Å²) in [6.45, 7) is 1.80. The van der Waals surface area contributed by atoms with Gasteiger partial charge in [0.2, 0.25) is 0 Å². The van der Waals surface area contributed by atoms with Gasteiger partial charge in [0, 0.05) is 19.1 Å². The van der Waals surface area contributed by atoms with Crippen molar-refractivity contribution in [3.8, 4) is 0 Å². The van der Waals surface area contributed by atoms with Crippen molar-refractivity contribution in [3.63, 3.8) is 0 Å². The lowest BCUT2D eigenvalue weighted by Gasteiger charge is -2.09. The van der Waals surface area contributed by atoms with Crippen LogP contribution in [0.15, 0.2) is 31.7 Å². The second-order valence-electron chi connectivity index (χ2n) is 3.61. The number of nitrogens with one attached hydrogen (secondary N) is 2. The van der Waals surface area contributed by atoms with Crippen LogP contribution in [0.1, 0.15) is 16.1 Å². The first-order valence-electron chi connectivity index (χ1n) is 4.95. The van der Waals surface area contributed by atoms with Crippen LogP contribution in [-0.4, -0.2) is 16.1 Å². The quantitative estimate of drug-likeness (QED) is 0.737. The molecule has 1 amide bonds. The van der Waals surface area contributed by atoms with Crippen molar-refractivity contribution in [2.45, 2.75) is 6.92 Å². The van der Waals surface area contributed by atoms with Crippen molar-refractivity contribution in [1.29, 1.82) is 0 Å². The Morgan fingerprint density at radius 1 is 1.28 bits per heavy atom. The van der Waals surface area contributed by atoms with Crippen molar-refractivity contribution < 1.29 is 4.79 Å². The topological polar surface area (TPSA) is 57.8 Å². The highest BCUT2D eigenvalue weighted by Crippen LogP contribution is 2.34. The number of benzene rings is 1. The number of hydrogen-bond acceptors (Lipinski definition) is 2. The summed E-state index contributed by atoms with van der Waals surface area (Å²) < 4.78 is 2.50. The van der Waals surface area contributed by atoms with Crippen LogP contribution in [0.3, 0.4) is 0 Å². The van der Waals surface area contributed by atoms with Gasteiger partial charge in [-0.15, -0.1) is 0 Å². The number of rotatable bonds is 2. The smallest absolute Gasteiger partial charge is 0.259 e. The van der Waals surface area contributed by atoms with Crippen LogP contribution >= 0.6 is 47.8 Å². The summed E-state index contributed by atoms with van der Waals surface area (Å²) in [5, 5.41) is 9.39. The highest BCUT2D eigenvalue weighted by atomic mass is 79.9. The second-order valence-corrected chi connectivity index (χ2v) is 6.23. The Morgan fingerprint density at radius 3 is 2.39 bits per heavy atom. The lowest BCUT2D eigenvalue weighted by atomic mass is 10.2. The summed E-state index contributed by atoms with van der Waals surface area (Å²) in [5.74, 6) is -0.204. The third-order valence-corrected chi connectivity index (χ3v) is 4.03. The molecule has 1 aromatic carbocycles. The Balaban J connectivity index is 2.31. The Morgan fingerprint density at radius 2 is 1.89 bits per heavy atom. The maximum Gasteiger partial charge on any atom is 0.259 e. The summed E-state index contributed by atoms with van der Waals surface area (Å²) >= 11 is 10.2. The molecule has 0 unspecified atom stereocenters. The molecule has 1 heterocycles. The van der Waals surface area contributed by atoms with E-state index >= 15 is 0 Å². The number of aromatic nitrogens is 2. The number of carbonyl (C=O) groups excluding carboxylic acids is 1. The molecule has 2 N–H and O–H groups in total. The van der Waals surface area contributed by atoms with Gasteiger partial charge in [0.25, 0.3) is 5.91 Å². The van der Waals surface area contributed by atoms with Crippen LogP contribution in [0.4, 0.5) is 5.69 Å². The molecule has 1 aromatic heterocycles. The van der Waals surface area contributed by atoms with E-state index in [9.17, 15) is 4.79 Å². The van der Waals surface area contributed by atoms with E-state index in [0.29, 0.717) is 11.3 Å². The number of anilines is 1. The molecule has 7 heteroatoms. The summed E-state index contributed by atoms with van der Waals surface area (Å²) in [4.78, 5) is 12.1. The number of aromatic amines is 1. The Bertz CT molecular complexity index is 586. The third kappa shape index (κ3) is 2.84. The van der Waals surface area contributed by atoms with Gasteiger partial charge in [-0.25, -0.2) is 0 Å². The van der Waals surface area contributed by atoms with Crippen molar-refractivity contribution in [1.82, 2.24) is 10.2 Å². The van der Waals surface area contributed by atoms with Crippen LogP contribution in [0.25, 0.3) is 0 Å². The molecule has 0 aliphatic carbocycles. The zero-order valence-corrected chi connectivity index (χ0v) is 14.0. The van der Waals surface area contributed by atoms with Gasteiger partial charge >= 0.3 is 0 Å². The predicted octanol–water partition coefficient (Wildman–Crippen LogP) is 4.26. The van der Waals surface area contributed by atoms with Gasteiger partial charge in [-0.1, -0.05) is 15.9 Å². The molecular weight excluding hydrogens is 430 g/mol. The van der Waals surface area contributed by atoms with Crippen molar-refractivity contribution >= 4 is 59.4 Å². The zero-order valence-electron chi connectivity index (χ0n) is 9.22. The molecule has 0 aliphatic heterocycles. The first kappa shape index (κ1) is 13.8. The Kier molecular flexibility index (Phi) is 4.24. The molecule has 0 radical (unpaired) electrons. The van der Waals surface area contributed by atoms with Crippen LogP contribution < -0.4 is 5.32 Å². The summed E-state index contributed by atoms with van der Waals surface area (Å²) in [5.41, 5.74) is 1.94. The number of aryl methyl sites for hydroxylation is 1. The molecule has 0 saturated heterocycles. The number of carbonyl (C=O) groups is 1. The standard InChI is InChI=1S/C11H8Br3N3O/c1-5-7(4-15-17-5)11(18)16-10-8(13)2-6(12)3-9(10)14/h2-4H,1H3,(H,15,17)(H,16,18). The maximum atomic E-state index is 12.1. The summed E-state index contributed by atoms with van der Waals surface area (Å²) in [6, 6.07) is 3.73. The molecule has 18 heavy (non-hydrogen) atoms. The maximum absolute atomic E-state index is 12.1. The monoisotopic (exact) mass is 435 g/mol. The molecule has 2 rings (SSSR count). The van der Waals surface area contributed by atoms with Crippen LogP contribution in [0.5, 0.6) is 0 Å². The molecule has 0 saturated carbocycles. The highest BCUT2D eigenvalue weighted by Gasteiger charge is 2.14. The van der Waals surface area contributed by atoms with E-state index in [1.165, 1.54) is 6.20 Å². The van der Waals surface area contributed by atoms with Crippen LogP contribution in [0.2, 0.25) is 0 Å². The largest absolute Gasteiger partial charge is 0.320 e. The first-order valence-corrected chi connectivity index (χ1v) is 7.33. The van der Waals surface area contributed by atoms with Gasteiger partial charge in [0.05, 0.1) is 17.4 Å². The van der Waals surface area contributed by atoms with E-state index in [-0.39, 0.29) is 5.91 Å². The van der Waals surface area contributed by atoms with Gasteiger partial charge in [-0.2, -0.15) is 5.10 Å². The second kappa shape index (κ2) is 5.54. The minimum atomic E-state index is -0.204. The molecule has 0 atom stereocenters. The highest BCUT2D eigenvalue weighted by molar-refractivity contribution is 9.11. The fraction of sp³-hybridized carbons (Fsp3) is 0.0909. The van der Waals surface area contributed by atoms with Gasteiger partial charge < -0.3 is 5.32 Å². The summed E-state index contributed by atoms with van der Waals surface area (Å²) in [7, 11) is 0. The van der Waals surface area contributed by atoms with Crippen molar-refractivity contribution in [2.75, 3.05) is 5.32 Å². The van der Waals surface area contributed by atoms with E-state index in [1.807, 2.05) is 12.1 Å². The third-order valence-electron chi connectivity index (χ3n) is 2.32. The van der Waals surface area contributed by atoms with Gasteiger partial charge in [0.1, 0.15) is 0 Å². The molecular formula is C11H8Br3N3O. The molecule has 0 fully saturated rings. The van der Waals surface area contributed by atoms with E-state index in [0.717, 1.165) is 19.1 Å². The number of nitrogens with zero attached hydrogens (tertiary/aromatic N) is 1. The number of H-pyrrole nitrogens is 1. The molecule has 4 nitrogen and oxygen atoms in total. The van der Waals surface area contributed by atoms with E-state index in [1.54, 1.807) is 6.92 Å². The minimum Gasteiger partial charge on any atom is -0.320 e. The number of halogens is 3. The molecule has 0 aliphatic rings. The lowest BCUT2D eigenvalue weighted by molar-refractivity contribution is 0.102. The molecule has 0 bridgehead atoms. The average molecular weight is 438 g/mol. The van der Waals surface area contributed by atoms with Crippen molar-refractivity contribution in [3.05, 3.63) is 43.0 Å². The van der Waals surface area contributed by atoms with Crippen LogP contribution in [0, 0.1) is 6.92 Å². The van der Waals surface area contributed by atoms with E-state index in [4.69, 9.17) is 0 Å². The van der Waals surface area contributed by atoms with Gasteiger partial charge in [-0.05, 0) is 50.9 Å². The fourth-order valence-electron chi connectivity index (χ4n) is 1.42. The average Bonchev–Trinajstić information content (AvgIpc) is 2.69. The predicted molar refractivity (Wildman–Crippen MR) is 80.8 cm³/mol. The van der Waals surface area contributed by atoms with E-state index in [2.05, 4.69) is 63.3 Å². The normalized spacial score (nSPS) is 10.4. The SMILES string of the molecule is Cc1[nH]ncc1C(=O)Nc1c(Br)cc(Br)cc1Br. The Hall–Kier alpha value is -0.660. The minimum absolute atomic E-state index is 0.204. The van der Waals surface area contributed by atoms with E-state index < -0.39 is 0 Å². The molecule has 0 spiro atoms. The zero-order chi connectivity index (χ0) is 13.3. The summed E-state index contributed by atoms with van der Waals surface area (Å²) in [6.07, 6.45) is 1.51. The Labute approximate surface area is 129 Å². The lowest BCUT2D eigenvalue weighted by Crippen LogP contribution is -2.13. The molecule has 94 valence electrons. The van der Waals surface area contributed by atoms with Gasteiger partial charge in [0.15, 0.2) is 0 Å². The van der Waals surface area contributed by atoms with Crippen molar-refractivity contribution in [2.24, 2.45) is 0 Å². The fourth-order valence-corrected chi connectivity index (χ4v) is 3.88. The molecule has 2 aromatic rings. The van der Waals surface area contributed by atoms with Gasteiger partial charge in [-0.3, -0.25) is 9.89 Å².